The van der Waals surface area contributed by atoms with E-state index in [1.165, 1.54) is 6.42 Å². The van der Waals surface area contributed by atoms with Crippen LogP contribution in [-0.4, -0.2) is 25.3 Å². The molecule has 1 unspecified atom stereocenters. The van der Waals surface area contributed by atoms with E-state index in [-0.39, 0.29) is 0 Å². The summed E-state index contributed by atoms with van der Waals surface area (Å²) in [4.78, 5) is 0. The van der Waals surface area contributed by atoms with Gasteiger partial charge in [-0.3, -0.25) is 0 Å². The van der Waals surface area contributed by atoms with E-state index < -0.39 is 6.10 Å². The monoisotopic (exact) mass is 253 g/mol. The Kier molecular flexibility index (Phi) is 10.4. The van der Waals surface area contributed by atoms with Crippen molar-refractivity contribution in [2.24, 2.45) is 0 Å². The summed E-state index contributed by atoms with van der Waals surface area (Å²) in [7, 11) is 1.64. The summed E-state index contributed by atoms with van der Waals surface area (Å²) in [5.74, 6) is 0.815. The zero-order valence-corrected chi connectivity index (χ0v) is 12.1. The maximum Gasteiger partial charge on any atom is 0.118 e. The average Bonchev–Trinajstić information content (AvgIpc) is 2.45. The number of ether oxygens (including phenoxy) is 1. The molecule has 0 radical (unpaired) electrons. The largest absolute Gasteiger partial charge is 0.497 e. The van der Waals surface area contributed by atoms with Gasteiger partial charge in [-0.15, -0.1) is 0 Å². The Labute approximate surface area is 111 Å². The van der Waals surface area contributed by atoms with Crippen molar-refractivity contribution < 1.29 is 9.84 Å². The Hall–Kier alpha value is -1.06. The lowest BCUT2D eigenvalue weighted by molar-refractivity contribution is 0.174. The standard InChI is InChI=1S/C13H21NO2.C2H6/c1-3-4-9-14-10-13(15)11-5-7-12(16-2)8-6-11;1-2/h5-8,13-15H,3-4,9-10H2,1-2H3;1-2H3. The van der Waals surface area contributed by atoms with Crippen LogP contribution < -0.4 is 10.1 Å². The van der Waals surface area contributed by atoms with Crippen molar-refractivity contribution in [3.05, 3.63) is 29.8 Å². The van der Waals surface area contributed by atoms with E-state index in [0.717, 1.165) is 24.3 Å². The molecule has 0 saturated carbocycles. The van der Waals surface area contributed by atoms with Crippen LogP contribution in [0.1, 0.15) is 45.3 Å². The first-order valence-electron chi connectivity index (χ1n) is 6.80. The maximum absolute atomic E-state index is 9.88. The topological polar surface area (TPSA) is 41.5 Å². The molecule has 0 spiro atoms. The first-order valence-corrected chi connectivity index (χ1v) is 6.80. The van der Waals surface area contributed by atoms with Gasteiger partial charge in [0, 0.05) is 6.54 Å². The second-order valence-corrected chi connectivity index (χ2v) is 3.85. The molecular weight excluding hydrogens is 226 g/mol. The highest BCUT2D eigenvalue weighted by molar-refractivity contribution is 5.28. The van der Waals surface area contributed by atoms with Crippen LogP contribution in [0.4, 0.5) is 0 Å². The quantitative estimate of drug-likeness (QED) is 0.733. The predicted octanol–water partition coefficient (Wildman–Crippen LogP) is 3.14. The van der Waals surface area contributed by atoms with E-state index in [1.54, 1.807) is 7.11 Å². The predicted molar refractivity (Wildman–Crippen MR) is 77.1 cm³/mol. The van der Waals surface area contributed by atoms with Gasteiger partial charge in [-0.1, -0.05) is 39.3 Å². The summed E-state index contributed by atoms with van der Waals surface area (Å²) < 4.78 is 5.06. The minimum atomic E-state index is -0.442. The number of benzene rings is 1. The van der Waals surface area contributed by atoms with Crippen LogP contribution in [0, 0.1) is 0 Å². The molecule has 0 aliphatic rings. The van der Waals surface area contributed by atoms with Crippen molar-refractivity contribution in [1.29, 1.82) is 0 Å². The Morgan fingerprint density at radius 2 is 1.83 bits per heavy atom. The molecule has 1 atom stereocenters. The Morgan fingerprint density at radius 3 is 2.33 bits per heavy atom. The van der Waals surface area contributed by atoms with E-state index in [0.29, 0.717) is 6.54 Å². The summed E-state index contributed by atoms with van der Waals surface area (Å²) in [6.45, 7) is 7.72. The molecule has 0 saturated heterocycles. The summed E-state index contributed by atoms with van der Waals surface area (Å²) in [6.07, 6.45) is 1.88. The van der Waals surface area contributed by atoms with Crippen LogP contribution in [0.3, 0.4) is 0 Å². The van der Waals surface area contributed by atoms with E-state index in [2.05, 4.69) is 12.2 Å². The van der Waals surface area contributed by atoms with E-state index in [1.807, 2.05) is 38.1 Å². The van der Waals surface area contributed by atoms with Crippen molar-refractivity contribution in [1.82, 2.24) is 5.32 Å². The summed E-state index contributed by atoms with van der Waals surface area (Å²) >= 11 is 0. The molecule has 1 aromatic rings. The molecule has 1 rings (SSSR count). The second-order valence-electron chi connectivity index (χ2n) is 3.85. The molecule has 0 aliphatic carbocycles. The molecule has 0 heterocycles. The van der Waals surface area contributed by atoms with Crippen LogP contribution in [-0.2, 0) is 0 Å². The number of unbranched alkanes of at least 4 members (excludes halogenated alkanes) is 1. The third kappa shape index (κ3) is 6.62. The van der Waals surface area contributed by atoms with Crippen LogP contribution in [0.5, 0.6) is 5.75 Å². The Balaban J connectivity index is 0.00000137. The average molecular weight is 253 g/mol. The fraction of sp³-hybridized carbons (Fsp3) is 0.600. The van der Waals surface area contributed by atoms with E-state index >= 15 is 0 Å². The first-order chi connectivity index (χ1) is 8.77. The number of nitrogens with one attached hydrogen (secondary N) is 1. The Morgan fingerprint density at radius 1 is 1.22 bits per heavy atom. The van der Waals surface area contributed by atoms with Crippen LogP contribution in [0.25, 0.3) is 0 Å². The van der Waals surface area contributed by atoms with Gasteiger partial charge in [-0.2, -0.15) is 0 Å². The second kappa shape index (κ2) is 11.1. The number of rotatable bonds is 7. The van der Waals surface area contributed by atoms with Gasteiger partial charge in [0.1, 0.15) is 5.75 Å². The van der Waals surface area contributed by atoms with Gasteiger partial charge < -0.3 is 15.2 Å². The van der Waals surface area contributed by atoms with Crippen molar-refractivity contribution in [2.45, 2.75) is 39.7 Å². The number of hydrogen-bond acceptors (Lipinski definition) is 3. The highest BCUT2D eigenvalue weighted by Gasteiger charge is 2.06. The van der Waals surface area contributed by atoms with Gasteiger partial charge in [0.15, 0.2) is 0 Å². The molecule has 2 N–H and O–H groups in total. The van der Waals surface area contributed by atoms with Gasteiger partial charge in [0.2, 0.25) is 0 Å². The smallest absolute Gasteiger partial charge is 0.118 e. The third-order valence-electron chi connectivity index (χ3n) is 2.55. The molecule has 0 fully saturated rings. The van der Waals surface area contributed by atoms with Crippen molar-refractivity contribution in [3.8, 4) is 5.75 Å². The highest BCUT2D eigenvalue weighted by Crippen LogP contribution is 2.16. The van der Waals surface area contributed by atoms with Gasteiger partial charge in [0.05, 0.1) is 13.2 Å². The zero-order chi connectivity index (χ0) is 13.8. The number of hydrogen-bond donors (Lipinski definition) is 2. The SMILES string of the molecule is CC.CCCCNCC(O)c1ccc(OC)cc1. The molecule has 3 heteroatoms. The highest BCUT2D eigenvalue weighted by atomic mass is 16.5. The van der Waals surface area contributed by atoms with Crippen molar-refractivity contribution in [2.75, 3.05) is 20.2 Å². The number of methoxy groups -OCH3 is 1. The van der Waals surface area contributed by atoms with E-state index in [4.69, 9.17) is 4.74 Å². The molecule has 0 amide bonds. The molecule has 1 aromatic carbocycles. The van der Waals surface area contributed by atoms with Crippen LogP contribution in [0.15, 0.2) is 24.3 Å². The molecular formula is C15H27NO2. The maximum atomic E-state index is 9.88. The fourth-order valence-corrected chi connectivity index (χ4v) is 1.48. The lowest BCUT2D eigenvalue weighted by atomic mass is 10.1. The van der Waals surface area contributed by atoms with Gasteiger partial charge in [-0.05, 0) is 30.7 Å². The molecule has 0 bridgehead atoms. The first kappa shape index (κ1) is 16.9. The lowest BCUT2D eigenvalue weighted by Crippen LogP contribution is -2.22. The molecule has 3 nitrogen and oxygen atoms in total. The number of aliphatic hydroxyl groups is 1. The van der Waals surface area contributed by atoms with Gasteiger partial charge in [0.25, 0.3) is 0 Å². The fourth-order valence-electron chi connectivity index (χ4n) is 1.48. The normalized spacial score (nSPS) is 11.4. The minimum absolute atomic E-state index is 0.442. The van der Waals surface area contributed by atoms with Gasteiger partial charge >= 0.3 is 0 Å². The molecule has 0 aromatic heterocycles. The van der Waals surface area contributed by atoms with Crippen LogP contribution >= 0.6 is 0 Å². The summed E-state index contributed by atoms with van der Waals surface area (Å²) in [5, 5.41) is 13.1. The summed E-state index contributed by atoms with van der Waals surface area (Å²) in [5.41, 5.74) is 0.921. The lowest BCUT2D eigenvalue weighted by Gasteiger charge is -2.12. The number of aliphatic hydroxyl groups excluding tert-OH is 1. The van der Waals surface area contributed by atoms with E-state index in [9.17, 15) is 5.11 Å². The van der Waals surface area contributed by atoms with Crippen molar-refractivity contribution in [3.63, 3.8) is 0 Å². The summed E-state index contributed by atoms with van der Waals surface area (Å²) in [6, 6.07) is 7.52. The molecule has 0 aliphatic heterocycles. The minimum Gasteiger partial charge on any atom is -0.497 e. The van der Waals surface area contributed by atoms with Crippen molar-refractivity contribution >= 4 is 0 Å². The third-order valence-corrected chi connectivity index (χ3v) is 2.55. The zero-order valence-electron chi connectivity index (χ0n) is 12.1. The van der Waals surface area contributed by atoms with Gasteiger partial charge in [-0.25, -0.2) is 0 Å². The Bertz CT molecular complexity index is 285. The van der Waals surface area contributed by atoms with Crippen LogP contribution in [0.2, 0.25) is 0 Å². The molecule has 104 valence electrons. The molecule has 18 heavy (non-hydrogen) atoms.